The van der Waals surface area contributed by atoms with Gasteiger partial charge in [0.05, 0.1) is 16.7 Å². The molecule has 0 aliphatic rings. The first-order chi connectivity index (χ1) is 20.8. The number of rotatable bonds is 3. The highest BCUT2D eigenvalue weighted by molar-refractivity contribution is 6.09. The molecule has 9 rings (SSSR count). The first-order valence-corrected chi connectivity index (χ1v) is 14.1. The van der Waals surface area contributed by atoms with Crippen LogP contribution in [0.1, 0.15) is 0 Å². The van der Waals surface area contributed by atoms with Crippen LogP contribution in [0.5, 0.6) is 0 Å². The topological polar surface area (TPSA) is 43.3 Å². The summed E-state index contributed by atoms with van der Waals surface area (Å²) in [5.74, 6) is 0. The van der Waals surface area contributed by atoms with Crippen LogP contribution in [0.3, 0.4) is 0 Å². The summed E-state index contributed by atoms with van der Waals surface area (Å²) in [6.07, 6.45) is 2.06. The van der Waals surface area contributed by atoms with Gasteiger partial charge < -0.3 is 4.42 Å². The highest BCUT2D eigenvalue weighted by Gasteiger charge is 2.16. The smallest absolute Gasteiger partial charge is 0.137 e. The van der Waals surface area contributed by atoms with Crippen molar-refractivity contribution in [2.24, 2.45) is 0 Å². The number of pyridine rings is 2. The van der Waals surface area contributed by atoms with Crippen LogP contribution in [0.15, 0.2) is 144 Å². The van der Waals surface area contributed by atoms with Gasteiger partial charge in [-0.2, -0.15) is 0 Å². The van der Waals surface area contributed by atoms with E-state index in [1.54, 1.807) is 0 Å². The largest absolute Gasteiger partial charge is 0.456 e. The molecule has 0 atom stereocenters. The zero-order valence-electron chi connectivity index (χ0n) is 22.5. The van der Waals surface area contributed by atoms with Crippen molar-refractivity contribution in [1.82, 2.24) is 14.4 Å². The van der Waals surface area contributed by atoms with Crippen molar-refractivity contribution >= 4 is 49.5 Å². The van der Waals surface area contributed by atoms with E-state index < -0.39 is 0 Å². The normalized spacial score (nSPS) is 11.8. The summed E-state index contributed by atoms with van der Waals surface area (Å²) in [5, 5.41) is 3.35. The fraction of sp³-hybridized carbons (Fsp3) is 0. The van der Waals surface area contributed by atoms with Crippen molar-refractivity contribution in [3.63, 3.8) is 0 Å². The summed E-state index contributed by atoms with van der Waals surface area (Å²) >= 11 is 0. The summed E-state index contributed by atoms with van der Waals surface area (Å²) in [6, 6.07) is 46.4. The maximum atomic E-state index is 6.04. The van der Waals surface area contributed by atoms with Gasteiger partial charge in [-0.1, -0.05) is 91.0 Å². The third kappa shape index (κ3) is 3.49. The van der Waals surface area contributed by atoms with Crippen LogP contribution in [0.4, 0.5) is 0 Å². The van der Waals surface area contributed by atoms with Gasteiger partial charge in [-0.3, -0.25) is 4.40 Å². The molecule has 0 radical (unpaired) electrons. The number of para-hydroxylation sites is 2. The minimum atomic E-state index is 0.911. The molecule has 5 aromatic carbocycles. The zero-order valence-corrected chi connectivity index (χ0v) is 22.5. The summed E-state index contributed by atoms with van der Waals surface area (Å²) in [6.45, 7) is 0. The second-order valence-electron chi connectivity index (χ2n) is 10.7. The van der Waals surface area contributed by atoms with Crippen LogP contribution in [0.25, 0.3) is 83.0 Å². The quantitative estimate of drug-likeness (QED) is 0.225. The number of nitrogens with zero attached hydrogens (tertiary/aromatic N) is 3. The summed E-state index contributed by atoms with van der Waals surface area (Å²) < 4.78 is 8.18. The van der Waals surface area contributed by atoms with E-state index in [-0.39, 0.29) is 0 Å². The average Bonchev–Trinajstić information content (AvgIpc) is 3.63. The molecule has 4 aromatic heterocycles. The van der Waals surface area contributed by atoms with E-state index in [1.807, 2.05) is 42.5 Å². The SMILES string of the molecule is c1cc(-c2ccc(-c3nc4ccccc4c4nc5ccccn5c34)cc2)cc(-c2ccc3oc4ccccc4c3c2)c1. The van der Waals surface area contributed by atoms with Gasteiger partial charge in [0.1, 0.15) is 22.3 Å². The Morgan fingerprint density at radius 1 is 0.476 bits per heavy atom. The Labute approximate surface area is 241 Å². The lowest BCUT2D eigenvalue weighted by molar-refractivity contribution is 0.669. The van der Waals surface area contributed by atoms with Crippen molar-refractivity contribution < 1.29 is 4.42 Å². The minimum Gasteiger partial charge on any atom is -0.456 e. The second kappa shape index (κ2) is 8.88. The first kappa shape index (κ1) is 23.0. The van der Waals surface area contributed by atoms with Crippen molar-refractivity contribution in [2.45, 2.75) is 0 Å². The predicted octanol–water partition coefficient (Wildman–Crippen LogP) is 9.94. The first-order valence-electron chi connectivity index (χ1n) is 14.1. The standard InChI is InChI=1S/C38H23N3O/c1-3-12-32-30(11-1)37-38(41-21-6-5-14-35(41)40-37)36(39-32)25-17-15-24(16-18-25)26-8-7-9-27(22-26)28-19-20-34-31(23-28)29-10-2-4-13-33(29)42-34/h1-23H. The number of hydrogen-bond acceptors (Lipinski definition) is 3. The molecule has 4 heteroatoms. The van der Waals surface area contributed by atoms with E-state index in [9.17, 15) is 0 Å². The molecule has 9 aromatic rings. The lowest BCUT2D eigenvalue weighted by Gasteiger charge is -2.10. The molecule has 196 valence electrons. The zero-order chi connectivity index (χ0) is 27.6. The Morgan fingerprint density at radius 3 is 2.07 bits per heavy atom. The lowest BCUT2D eigenvalue weighted by Crippen LogP contribution is -1.92. The molecule has 0 bridgehead atoms. The van der Waals surface area contributed by atoms with Crippen LogP contribution >= 0.6 is 0 Å². The molecule has 4 heterocycles. The van der Waals surface area contributed by atoms with Crippen molar-refractivity contribution in [3.8, 4) is 33.5 Å². The molecular weight excluding hydrogens is 514 g/mol. The number of furan rings is 1. The average molecular weight is 538 g/mol. The lowest BCUT2D eigenvalue weighted by atomic mass is 9.97. The van der Waals surface area contributed by atoms with Crippen molar-refractivity contribution in [2.75, 3.05) is 0 Å². The fourth-order valence-corrected chi connectivity index (χ4v) is 6.16. The molecule has 0 amide bonds. The Balaban J connectivity index is 1.14. The van der Waals surface area contributed by atoms with Gasteiger partial charge in [0.2, 0.25) is 0 Å². The molecule has 0 aliphatic heterocycles. The predicted molar refractivity (Wildman–Crippen MR) is 172 cm³/mol. The Bertz CT molecular complexity index is 2470. The van der Waals surface area contributed by atoms with Gasteiger partial charge in [-0.25, -0.2) is 9.97 Å². The van der Waals surface area contributed by atoms with Gasteiger partial charge in [-0.05, 0) is 64.7 Å². The number of aromatic nitrogens is 3. The van der Waals surface area contributed by atoms with Crippen molar-refractivity contribution in [1.29, 1.82) is 0 Å². The van der Waals surface area contributed by atoms with Gasteiger partial charge in [0.15, 0.2) is 0 Å². The molecule has 0 spiro atoms. The molecular formula is C38H23N3O. The summed E-state index contributed by atoms with van der Waals surface area (Å²) in [4.78, 5) is 10.1. The van der Waals surface area contributed by atoms with Crippen molar-refractivity contribution in [3.05, 3.63) is 140 Å². The van der Waals surface area contributed by atoms with Gasteiger partial charge in [-0.15, -0.1) is 0 Å². The molecule has 0 aliphatic carbocycles. The van der Waals surface area contributed by atoms with Crippen LogP contribution in [-0.2, 0) is 0 Å². The second-order valence-corrected chi connectivity index (χ2v) is 10.7. The third-order valence-corrected chi connectivity index (χ3v) is 8.21. The summed E-state index contributed by atoms with van der Waals surface area (Å²) in [5.41, 5.74) is 12.4. The highest BCUT2D eigenvalue weighted by atomic mass is 16.3. The van der Waals surface area contributed by atoms with Crippen LogP contribution in [0.2, 0.25) is 0 Å². The molecule has 0 saturated heterocycles. The van der Waals surface area contributed by atoms with Crippen LogP contribution < -0.4 is 0 Å². The molecule has 0 unspecified atom stereocenters. The Morgan fingerprint density at radius 2 is 1.17 bits per heavy atom. The maximum Gasteiger partial charge on any atom is 0.137 e. The van der Waals surface area contributed by atoms with Gasteiger partial charge in [0.25, 0.3) is 0 Å². The van der Waals surface area contributed by atoms with E-state index in [1.165, 1.54) is 16.7 Å². The molecule has 42 heavy (non-hydrogen) atoms. The number of benzene rings is 5. The van der Waals surface area contributed by atoms with E-state index in [2.05, 4.69) is 102 Å². The monoisotopic (exact) mass is 537 g/mol. The molecule has 0 N–H and O–H groups in total. The Kier molecular flexibility index (Phi) is 4.87. The van der Waals surface area contributed by atoms with Crippen LogP contribution in [-0.4, -0.2) is 14.4 Å². The van der Waals surface area contributed by atoms with E-state index in [0.29, 0.717) is 0 Å². The maximum absolute atomic E-state index is 6.04. The number of fused-ring (bicyclic) bond motifs is 8. The third-order valence-electron chi connectivity index (χ3n) is 8.21. The summed E-state index contributed by atoms with van der Waals surface area (Å²) in [7, 11) is 0. The molecule has 0 saturated carbocycles. The van der Waals surface area contributed by atoms with Gasteiger partial charge >= 0.3 is 0 Å². The molecule has 0 fully saturated rings. The van der Waals surface area contributed by atoms with E-state index in [4.69, 9.17) is 14.4 Å². The Hall–Kier alpha value is -5.74. The number of imidazole rings is 1. The fourth-order valence-electron chi connectivity index (χ4n) is 6.16. The molecule has 4 nitrogen and oxygen atoms in total. The number of hydrogen-bond donors (Lipinski definition) is 0. The van der Waals surface area contributed by atoms with Crippen LogP contribution in [0, 0.1) is 0 Å². The van der Waals surface area contributed by atoms with E-state index in [0.717, 1.165) is 66.3 Å². The minimum absolute atomic E-state index is 0.911. The van der Waals surface area contributed by atoms with E-state index >= 15 is 0 Å². The highest BCUT2D eigenvalue weighted by Crippen LogP contribution is 2.36. The van der Waals surface area contributed by atoms with Gasteiger partial charge in [0, 0.05) is 27.9 Å².